The molecule has 3 N–H and O–H groups in total. The maximum Gasteiger partial charge on any atom is 0.319 e. The zero-order chi connectivity index (χ0) is 16.8. The third kappa shape index (κ3) is 4.64. The highest BCUT2D eigenvalue weighted by Gasteiger charge is 2.17. The number of nitrogens with one attached hydrogen (secondary N) is 2. The molecule has 0 bridgehead atoms. The first kappa shape index (κ1) is 17.2. The summed E-state index contributed by atoms with van der Waals surface area (Å²) in [6.45, 7) is 1.79. The number of aliphatic hydroxyl groups is 1. The van der Waals surface area contributed by atoms with Gasteiger partial charge in [-0.3, -0.25) is 0 Å². The Morgan fingerprint density at radius 1 is 1.39 bits per heavy atom. The Kier molecular flexibility index (Phi) is 5.90. The van der Waals surface area contributed by atoms with Gasteiger partial charge < -0.3 is 24.9 Å². The molecule has 0 aliphatic carbocycles. The number of carbonyl (C=O) groups excluding carboxylic acids is 1. The van der Waals surface area contributed by atoms with Crippen LogP contribution in [0.1, 0.15) is 25.2 Å². The van der Waals surface area contributed by atoms with Crippen LogP contribution in [0.25, 0.3) is 0 Å². The van der Waals surface area contributed by atoms with Gasteiger partial charge in [0.2, 0.25) is 0 Å². The molecule has 23 heavy (non-hydrogen) atoms. The van der Waals surface area contributed by atoms with Crippen LogP contribution in [-0.2, 0) is 0 Å². The van der Waals surface area contributed by atoms with E-state index in [1.165, 1.54) is 13.4 Å². The van der Waals surface area contributed by atoms with E-state index in [2.05, 4.69) is 10.6 Å². The van der Waals surface area contributed by atoms with E-state index in [-0.39, 0.29) is 6.04 Å². The summed E-state index contributed by atoms with van der Waals surface area (Å²) in [5, 5.41) is 15.8. The molecule has 0 aliphatic rings. The Bertz CT molecular complexity index is 646. The summed E-state index contributed by atoms with van der Waals surface area (Å²) in [5.41, 5.74) is 0.469. The summed E-state index contributed by atoms with van der Waals surface area (Å²) in [4.78, 5) is 12.0. The molecule has 0 saturated heterocycles. The van der Waals surface area contributed by atoms with Gasteiger partial charge in [-0.05, 0) is 31.2 Å². The molecule has 1 aromatic carbocycles. The average molecular weight is 339 g/mol. The number of benzene rings is 1. The van der Waals surface area contributed by atoms with Crippen LogP contribution < -0.4 is 15.4 Å². The Labute approximate surface area is 139 Å². The molecular formula is C16H19ClN2O4. The Morgan fingerprint density at radius 2 is 2.17 bits per heavy atom. The number of hydrogen-bond donors (Lipinski definition) is 3. The van der Waals surface area contributed by atoms with Gasteiger partial charge in [0.15, 0.2) is 5.75 Å². The minimum atomic E-state index is -0.777. The Morgan fingerprint density at radius 3 is 2.83 bits per heavy atom. The lowest BCUT2D eigenvalue weighted by Crippen LogP contribution is -2.37. The molecule has 2 amide bonds. The number of hydrogen-bond acceptors (Lipinski definition) is 4. The van der Waals surface area contributed by atoms with Crippen LogP contribution >= 0.6 is 11.6 Å². The van der Waals surface area contributed by atoms with Crippen molar-refractivity contribution in [3.63, 3.8) is 0 Å². The standard InChI is InChI=1S/C16H19ClN2O4/c1-10(9-13(20)14-7-4-8-23-14)18-16(21)19-12-6-3-5-11(17)15(12)22-2/h3-8,10,13,20H,9H2,1-2H3,(H2,18,19,21)/t10-,13-/m0/s1. The molecule has 2 atom stereocenters. The van der Waals surface area contributed by atoms with Crippen molar-refractivity contribution < 1.29 is 19.1 Å². The fraction of sp³-hybridized carbons (Fsp3) is 0.312. The SMILES string of the molecule is COc1c(Cl)cccc1NC(=O)N[C@@H](C)C[C@H](O)c1ccco1. The normalized spacial score (nSPS) is 13.2. The van der Waals surface area contributed by atoms with Gasteiger partial charge >= 0.3 is 6.03 Å². The topological polar surface area (TPSA) is 83.7 Å². The van der Waals surface area contributed by atoms with Crippen LogP contribution in [-0.4, -0.2) is 24.3 Å². The Hall–Kier alpha value is -2.18. The van der Waals surface area contributed by atoms with Crippen LogP contribution in [0.15, 0.2) is 41.0 Å². The molecule has 1 heterocycles. The molecule has 0 spiro atoms. The first-order valence-electron chi connectivity index (χ1n) is 7.12. The predicted molar refractivity (Wildman–Crippen MR) is 87.9 cm³/mol. The van der Waals surface area contributed by atoms with Crippen molar-refractivity contribution in [1.29, 1.82) is 0 Å². The van der Waals surface area contributed by atoms with Gasteiger partial charge in [-0.25, -0.2) is 4.79 Å². The van der Waals surface area contributed by atoms with Crippen molar-refractivity contribution in [1.82, 2.24) is 5.32 Å². The van der Waals surface area contributed by atoms with Gasteiger partial charge in [-0.15, -0.1) is 0 Å². The molecule has 0 saturated carbocycles. The van der Waals surface area contributed by atoms with Crippen LogP contribution in [0, 0.1) is 0 Å². The van der Waals surface area contributed by atoms with Gasteiger partial charge in [-0.2, -0.15) is 0 Å². The van der Waals surface area contributed by atoms with E-state index in [0.717, 1.165) is 0 Å². The minimum Gasteiger partial charge on any atom is -0.493 e. The number of anilines is 1. The van der Waals surface area contributed by atoms with E-state index < -0.39 is 12.1 Å². The van der Waals surface area contributed by atoms with Crippen LogP contribution in [0.4, 0.5) is 10.5 Å². The second-order valence-corrected chi connectivity index (χ2v) is 5.49. The number of para-hydroxylation sites is 1. The third-order valence-corrected chi connectivity index (χ3v) is 3.54. The monoisotopic (exact) mass is 338 g/mol. The van der Waals surface area contributed by atoms with Crippen molar-refractivity contribution in [3.05, 3.63) is 47.4 Å². The molecule has 7 heteroatoms. The zero-order valence-electron chi connectivity index (χ0n) is 12.9. The van der Waals surface area contributed by atoms with E-state index in [1.54, 1.807) is 37.3 Å². The fourth-order valence-corrected chi connectivity index (χ4v) is 2.44. The molecule has 0 fully saturated rings. The number of amides is 2. The Balaban J connectivity index is 1.90. The zero-order valence-corrected chi connectivity index (χ0v) is 13.6. The molecule has 0 radical (unpaired) electrons. The highest BCUT2D eigenvalue weighted by atomic mass is 35.5. The number of furan rings is 1. The number of urea groups is 1. The van der Waals surface area contributed by atoms with Crippen molar-refractivity contribution in [2.75, 3.05) is 12.4 Å². The fourth-order valence-electron chi connectivity index (χ4n) is 2.19. The second kappa shape index (κ2) is 7.89. The quantitative estimate of drug-likeness (QED) is 0.751. The van der Waals surface area contributed by atoms with Crippen molar-refractivity contribution in [3.8, 4) is 5.75 Å². The minimum absolute atomic E-state index is 0.264. The van der Waals surface area contributed by atoms with E-state index in [9.17, 15) is 9.90 Å². The predicted octanol–water partition coefficient (Wildman–Crippen LogP) is 3.58. The van der Waals surface area contributed by atoms with Crippen molar-refractivity contribution in [2.24, 2.45) is 0 Å². The molecular weight excluding hydrogens is 320 g/mol. The van der Waals surface area contributed by atoms with Crippen molar-refractivity contribution in [2.45, 2.75) is 25.5 Å². The summed E-state index contributed by atoms with van der Waals surface area (Å²) in [6.07, 6.45) is 1.04. The van der Waals surface area contributed by atoms with E-state index in [4.69, 9.17) is 20.8 Å². The average Bonchev–Trinajstić information content (AvgIpc) is 3.01. The van der Waals surface area contributed by atoms with Crippen molar-refractivity contribution >= 4 is 23.3 Å². The number of ether oxygens (including phenoxy) is 1. The maximum absolute atomic E-state index is 12.0. The van der Waals surface area contributed by atoms with Crippen LogP contribution in [0.3, 0.4) is 0 Å². The largest absolute Gasteiger partial charge is 0.493 e. The molecule has 2 rings (SSSR count). The number of rotatable bonds is 6. The summed E-state index contributed by atoms with van der Waals surface area (Å²) in [6, 6.07) is 7.79. The molecule has 6 nitrogen and oxygen atoms in total. The van der Waals surface area contributed by atoms with Crippen LogP contribution in [0.5, 0.6) is 5.75 Å². The summed E-state index contributed by atoms with van der Waals surface area (Å²) in [7, 11) is 1.48. The summed E-state index contributed by atoms with van der Waals surface area (Å²) in [5.74, 6) is 0.864. The molecule has 1 aromatic heterocycles. The first-order chi connectivity index (χ1) is 11.0. The lowest BCUT2D eigenvalue weighted by atomic mass is 10.1. The van der Waals surface area contributed by atoms with E-state index in [0.29, 0.717) is 28.6 Å². The second-order valence-electron chi connectivity index (χ2n) is 5.09. The number of methoxy groups -OCH3 is 1. The van der Waals surface area contributed by atoms with Gasteiger partial charge in [0, 0.05) is 12.5 Å². The number of aliphatic hydroxyl groups excluding tert-OH is 1. The van der Waals surface area contributed by atoms with Gasteiger partial charge in [0.1, 0.15) is 11.9 Å². The highest BCUT2D eigenvalue weighted by molar-refractivity contribution is 6.32. The van der Waals surface area contributed by atoms with Gasteiger partial charge in [0.25, 0.3) is 0 Å². The molecule has 2 aromatic rings. The molecule has 0 aliphatic heterocycles. The maximum atomic E-state index is 12.0. The first-order valence-corrected chi connectivity index (χ1v) is 7.50. The molecule has 0 unspecified atom stereocenters. The number of halogens is 1. The summed E-state index contributed by atoms with van der Waals surface area (Å²) >= 11 is 6.00. The number of carbonyl (C=O) groups is 1. The van der Waals surface area contributed by atoms with E-state index >= 15 is 0 Å². The lowest BCUT2D eigenvalue weighted by molar-refractivity contribution is 0.130. The highest BCUT2D eigenvalue weighted by Crippen LogP contribution is 2.32. The van der Waals surface area contributed by atoms with Gasteiger partial charge in [0.05, 0.1) is 24.1 Å². The van der Waals surface area contributed by atoms with Crippen LogP contribution in [0.2, 0.25) is 5.02 Å². The van der Waals surface area contributed by atoms with E-state index in [1.807, 2.05) is 0 Å². The molecule has 124 valence electrons. The smallest absolute Gasteiger partial charge is 0.319 e. The third-order valence-electron chi connectivity index (χ3n) is 3.25. The summed E-state index contributed by atoms with van der Waals surface area (Å²) < 4.78 is 10.3. The lowest BCUT2D eigenvalue weighted by Gasteiger charge is -2.18. The van der Waals surface area contributed by atoms with Gasteiger partial charge in [-0.1, -0.05) is 17.7 Å².